The van der Waals surface area contributed by atoms with Crippen LogP contribution >= 0.6 is 0 Å². The fourth-order valence-corrected chi connectivity index (χ4v) is 2.62. The minimum absolute atomic E-state index is 0.278. The highest BCUT2D eigenvalue weighted by Gasteiger charge is 2.22. The highest BCUT2D eigenvalue weighted by Crippen LogP contribution is 2.27. The van der Waals surface area contributed by atoms with Gasteiger partial charge >= 0.3 is 6.03 Å². The van der Waals surface area contributed by atoms with Crippen molar-refractivity contribution in [3.8, 4) is 11.5 Å². The zero-order valence-corrected chi connectivity index (χ0v) is 15.6. The standard InChI is InChI=1S/C20H25FN2O3/c1-20(2,15-6-8-16(21)9-7-15)23-19(24)22-12-11-14-5-10-17(25-3)18(13-14)26-4/h5-10,13H,11-12H2,1-4H3,(H2,22,23,24). The average Bonchev–Trinajstić information content (AvgIpc) is 2.61. The highest BCUT2D eigenvalue weighted by molar-refractivity contribution is 5.75. The molecule has 0 aliphatic rings. The number of benzene rings is 2. The molecule has 2 N–H and O–H groups in total. The van der Waals surface area contributed by atoms with Crippen LogP contribution < -0.4 is 20.1 Å². The minimum Gasteiger partial charge on any atom is -0.493 e. The Morgan fingerprint density at radius 2 is 1.69 bits per heavy atom. The Labute approximate surface area is 153 Å². The molecule has 0 radical (unpaired) electrons. The number of carbonyl (C=O) groups excluding carboxylic acids is 1. The minimum atomic E-state index is -0.610. The number of nitrogens with one attached hydrogen (secondary N) is 2. The molecule has 0 spiro atoms. The van der Waals surface area contributed by atoms with Crippen LogP contribution in [0.4, 0.5) is 9.18 Å². The monoisotopic (exact) mass is 360 g/mol. The van der Waals surface area contributed by atoms with E-state index in [1.807, 2.05) is 32.0 Å². The van der Waals surface area contributed by atoms with E-state index >= 15 is 0 Å². The molecule has 0 atom stereocenters. The lowest BCUT2D eigenvalue weighted by molar-refractivity contribution is 0.230. The van der Waals surface area contributed by atoms with Gasteiger partial charge in [-0.3, -0.25) is 0 Å². The number of methoxy groups -OCH3 is 2. The number of halogens is 1. The Morgan fingerprint density at radius 1 is 1.04 bits per heavy atom. The van der Waals surface area contributed by atoms with Crippen LogP contribution in [-0.4, -0.2) is 26.8 Å². The van der Waals surface area contributed by atoms with Crippen LogP contribution in [0.3, 0.4) is 0 Å². The number of urea groups is 1. The maximum Gasteiger partial charge on any atom is 0.315 e. The molecule has 2 aromatic rings. The predicted octanol–water partition coefficient (Wildman–Crippen LogP) is 3.62. The molecule has 0 fully saturated rings. The van der Waals surface area contributed by atoms with Crippen LogP contribution in [0.2, 0.25) is 0 Å². The van der Waals surface area contributed by atoms with Crippen molar-refractivity contribution in [1.82, 2.24) is 10.6 Å². The van der Waals surface area contributed by atoms with Gasteiger partial charge in [0.2, 0.25) is 0 Å². The molecule has 2 aromatic carbocycles. The molecule has 0 aliphatic carbocycles. The highest BCUT2D eigenvalue weighted by atomic mass is 19.1. The fourth-order valence-electron chi connectivity index (χ4n) is 2.62. The number of carbonyl (C=O) groups is 1. The second-order valence-corrected chi connectivity index (χ2v) is 6.45. The SMILES string of the molecule is COc1ccc(CCNC(=O)NC(C)(C)c2ccc(F)cc2)cc1OC. The van der Waals surface area contributed by atoms with E-state index in [1.165, 1.54) is 12.1 Å². The van der Waals surface area contributed by atoms with E-state index in [-0.39, 0.29) is 11.8 Å². The summed E-state index contributed by atoms with van der Waals surface area (Å²) in [5.41, 5.74) is 1.25. The predicted molar refractivity (Wildman–Crippen MR) is 99.2 cm³/mol. The summed E-state index contributed by atoms with van der Waals surface area (Å²) in [6, 6.07) is 11.5. The normalized spacial score (nSPS) is 11.0. The number of hydrogen-bond acceptors (Lipinski definition) is 3. The Bertz CT molecular complexity index is 745. The maximum atomic E-state index is 13.1. The molecule has 0 saturated heterocycles. The van der Waals surface area contributed by atoms with Crippen LogP contribution in [0.5, 0.6) is 11.5 Å². The van der Waals surface area contributed by atoms with Gasteiger partial charge in [-0.15, -0.1) is 0 Å². The van der Waals surface area contributed by atoms with E-state index in [2.05, 4.69) is 10.6 Å². The van der Waals surface area contributed by atoms with Gasteiger partial charge in [-0.1, -0.05) is 18.2 Å². The van der Waals surface area contributed by atoms with Crippen LogP contribution in [0.15, 0.2) is 42.5 Å². The zero-order chi connectivity index (χ0) is 19.2. The quantitative estimate of drug-likeness (QED) is 0.793. The van der Waals surface area contributed by atoms with E-state index in [1.54, 1.807) is 26.4 Å². The van der Waals surface area contributed by atoms with E-state index in [9.17, 15) is 9.18 Å². The summed E-state index contributed by atoms with van der Waals surface area (Å²) in [6.07, 6.45) is 0.657. The van der Waals surface area contributed by atoms with E-state index in [0.717, 1.165) is 11.1 Å². The molecular formula is C20H25FN2O3. The van der Waals surface area contributed by atoms with Gasteiger partial charge in [0.25, 0.3) is 0 Å². The van der Waals surface area contributed by atoms with Crippen molar-refractivity contribution in [2.45, 2.75) is 25.8 Å². The molecule has 0 saturated carbocycles. The third-order valence-corrected chi connectivity index (χ3v) is 4.14. The van der Waals surface area contributed by atoms with Crippen LogP contribution in [0.1, 0.15) is 25.0 Å². The van der Waals surface area contributed by atoms with Crippen molar-refractivity contribution in [1.29, 1.82) is 0 Å². The summed E-state index contributed by atoms with van der Waals surface area (Å²) in [6.45, 7) is 4.21. The average molecular weight is 360 g/mol. The topological polar surface area (TPSA) is 59.6 Å². The van der Waals surface area contributed by atoms with Crippen molar-refractivity contribution < 1.29 is 18.7 Å². The lowest BCUT2D eigenvalue weighted by Gasteiger charge is -2.27. The molecule has 5 nitrogen and oxygen atoms in total. The summed E-state index contributed by atoms with van der Waals surface area (Å²) < 4.78 is 23.5. The van der Waals surface area contributed by atoms with Crippen molar-refractivity contribution in [2.24, 2.45) is 0 Å². The number of hydrogen-bond donors (Lipinski definition) is 2. The Kier molecular flexibility index (Phi) is 6.44. The first-order chi connectivity index (χ1) is 12.4. The first-order valence-corrected chi connectivity index (χ1v) is 8.38. The van der Waals surface area contributed by atoms with Gasteiger partial charge in [-0.25, -0.2) is 9.18 Å². The molecule has 6 heteroatoms. The van der Waals surface area contributed by atoms with Crippen molar-refractivity contribution >= 4 is 6.03 Å². The first-order valence-electron chi connectivity index (χ1n) is 8.38. The molecule has 2 rings (SSSR count). The second kappa shape index (κ2) is 8.56. The lowest BCUT2D eigenvalue weighted by atomic mass is 9.94. The van der Waals surface area contributed by atoms with E-state index in [4.69, 9.17) is 9.47 Å². The first kappa shape index (κ1) is 19.6. The van der Waals surface area contributed by atoms with Gasteiger partial charge in [0.05, 0.1) is 19.8 Å². The molecule has 140 valence electrons. The van der Waals surface area contributed by atoms with E-state index < -0.39 is 5.54 Å². The molecule has 2 amide bonds. The van der Waals surface area contributed by atoms with Crippen molar-refractivity contribution in [2.75, 3.05) is 20.8 Å². The van der Waals surface area contributed by atoms with Crippen LogP contribution in [0.25, 0.3) is 0 Å². The molecule has 26 heavy (non-hydrogen) atoms. The maximum absolute atomic E-state index is 13.1. The summed E-state index contributed by atoms with van der Waals surface area (Å²) >= 11 is 0. The molecule has 0 heterocycles. The summed E-state index contributed by atoms with van der Waals surface area (Å²) in [4.78, 5) is 12.2. The molecular weight excluding hydrogens is 335 g/mol. The van der Waals surface area contributed by atoms with Gasteiger partial charge in [-0.2, -0.15) is 0 Å². The smallest absolute Gasteiger partial charge is 0.315 e. The Balaban J connectivity index is 1.87. The number of ether oxygens (including phenoxy) is 2. The van der Waals surface area contributed by atoms with Gasteiger partial charge < -0.3 is 20.1 Å². The Hall–Kier alpha value is -2.76. The Morgan fingerprint density at radius 3 is 2.31 bits per heavy atom. The summed E-state index contributed by atoms with van der Waals surface area (Å²) in [5, 5.41) is 5.74. The van der Waals surface area contributed by atoms with Crippen molar-refractivity contribution in [3.63, 3.8) is 0 Å². The number of rotatable bonds is 7. The van der Waals surface area contributed by atoms with Gasteiger partial charge in [0.1, 0.15) is 5.82 Å². The molecule has 0 bridgehead atoms. The third kappa shape index (κ3) is 5.12. The van der Waals surface area contributed by atoms with Crippen LogP contribution in [-0.2, 0) is 12.0 Å². The largest absolute Gasteiger partial charge is 0.493 e. The molecule has 0 aromatic heterocycles. The zero-order valence-electron chi connectivity index (χ0n) is 15.6. The van der Waals surface area contributed by atoms with Crippen LogP contribution in [0, 0.1) is 5.82 Å². The summed E-state index contributed by atoms with van der Waals surface area (Å²) in [7, 11) is 3.18. The number of amides is 2. The van der Waals surface area contributed by atoms with Gasteiger partial charge in [0.15, 0.2) is 11.5 Å². The second-order valence-electron chi connectivity index (χ2n) is 6.45. The third-order valence-electron chi connectivity index (χ3n) is 4.14. The molecule has 0 unspecified atom stereocenters. The van der Waals surface area contributed by atoms with E-state index in [0.29, 0.717) is 24.5 Å². The van der Waals surface area contributed by atoms with Gasteiger partial charge in [-0.05, 0) is 55.7 Å². The fraction of sp³-hybridized carbons (Fsp3) is 0.350. The summed E-state index contributed by atoms with van der Waals surface area (Å²) in [5.74, 6) is 1.03. The molecule has 0 aliphatic heterocycles. The van der Waals surface area contributed by atoms with Gasteiger partial charge in [0, 0.05) is 6.54 Å². The van der Waals surface area contributed by atoms with Crippen molar-refractivity contribution in [3.05, 3.63) is 59.4 Å². The lowest BCUT2D eigenvalue weighted by Crippen LogP contribution is -2.46.